The second-order valence-corrected chi connectivity index (χ2v) is 10.3. The minimum Gasteiger partial charge on any atom is -0.495 e. The van der Waals surface area contributed by atoms with E-state index in [4.69, 9.17) is 9.47 Å². The predicted octanol–water partition coefficient (Wildman–Crippen LogP) is 2.88. The van der Waals surface area contributed by atoms with Gasteiger partial charge in [0, 0.05) is 44.8 Å². The first-order valence-corrected chi connectivity index (χ1v) is 13.1. The van der Waals surface area contributed by atoms with Crippen LogP contribution in [0.25, 0.3) is 0 Å². The van der Waals surface area contributed by atoms with Gasteiger partial charge in [-0.3, -0.25) is 9.69 Å². The zero-order valence-corrected chi connectivity index (χ0v) is 21.2. The van der Waals surface area contributed by atoms with Crippen molar-refractivity contribution in [3.05, 3.63) is 59.2 Å². The van der Waals surface area contributed by atoms with Gasteiger partial charge in [0.1, 0.15) is 10.6 Å². The van der Waals surface area contributed by atoms with E-state index in [0.29, 0.717) is 19.6 Å². The molecule has 3 rings (SSSR count). The lowest BCUT2D eigenvalue weighted by atomic mass is 10.1. The summed E-state index contributed by atoms with van der Waals surface area (Å²) in [6.45, 7) is 10.0. The molecule has 0 aromatic heterocycles. The summed E-state index contributed by atoms with van der Waals surface area (Å²) in [6, 6.07) is 12.6. The molecule has 0 bridgehead atoms. The first-order valence-electron chi connectivity index (χ1n) is 11.7. The molecule has 186 valence electrons. The minimum absolute atomic E-state index is 0.00640. The first-order chi connectivity index (χ1) is 16.3. The maximum atomic E-state index is 13.1. The van der Waals surface area contributed by atoms with Crippen molar-refractivity contribution in [2.45, 2.75) is 44.9 Å². The lowest BCUT2D eigenvalue weighted by Crippen LogP contribution is -2.40. The molecule has 9 heteroatoms. The zero-order valence-electron chi connectivity index (χ0n) is 20.4. The number of amides is 1. The molecule has 0 aliphatic carbocycles. The number of methoxy groups -OCH3 is 1. The van der Waals surface area contributed by atoms with E-state index in [-0.39, 0.29) is 28.2 Å². The number of benzene rings is 2. The average molecular weight is 490 g/mol. The third-order valence-electron chi connectivity index (χ3n) is 5.92. The van der Waals surface area contributed by atoms with Gasteiger partial charge in [0.05, 0.1) is 19.8 Å². The maximum absolute atomic E-state index is 13.1. The van der Waals surface area contributed by atoms with Crippen molar-refractivity contribution in [1.82, 2.24) is 14.5 Å². The van der Waals surface area contributed by atoms with Crippen LogP contribution in [-0.2, 0) is 27.8 Å². The molecule has 0 radical (unpaired) electrons. The van der Waals surface area contributed by atoms with Crippen LogP contribution in [0.5, 0.6) is 5.75 Å². The Kier molecular flexibility index (Phi) is 9.07. The van der Waals surface area contributed by atoms with E-state index in [1.165, 1.54) is 29.1 Å². The highest BCUT2D eigenvalue weighted by molar-refractivity contribution is 7.89. The number of rotatable bonds is 10. The van der Waals surface area contributed by atoms with Gasteiger partial charge in [-0.15, -0.1) is 0 Å². The Bertz CT molecular complexity index is 1090. The monoisotopic (exact) mass is 489 g/mol. The van der Waals surface area contributed by atoms with E-state index in [9.17, 15) is 13.2 Å². The lowest BCUT2D eigenvalue weighted by molar-refractivity contribution is -0.0212. The van der Waals surface area contributed by atoms with Crippen LogP contribution >= 0.6 is 0 Å². The number of carbonyl (C=O) groups is 1. The van der Waals surface area contributed by atoms with Crippen LogP contribution < -0.4 is 10.1 Å². The van der Waals surface area contributed by atoms with E-state index in [1.54, 1.807) is 19.9 Å². The van der Waals surface area contributed by atoms with Gasteiger partial charge in [-0.25, -0.2) is 8.42 Å². The predicted molar refractivity (Wildman–Crippen MR) is 131 cm³/mol. The summed E-state index contributed by atoms with van der Waals surface area (Å²) in [5, 5.41) is 2.90. The molecule has 2 aromatic carbocycles. The number of hydrogen-bond acceptors (Lipinski definition) is 6. The van der Waals surface area contributed by atoms with Gasteiger partial charge in [-0.2, -0.15) is 4.31 Å². The summed E-state index contributed by atoms with van der Waals surface area (Å²) >= 11 is 0. The van der Waals surface area contributed by atoms with Crippen LogP contribution in [-0.4, -0.2) is 69.5 Å². The quantitative estimate of drug-likeness (QED) is 0.552. The van der Waals surface area contributed by atoms with Crippen molar-refractivity contribution in [3.63, 3.8) is 0 Å². The van der Waals surface area contributed by atoms with Gasteiger partial charge in [0.25, 0.3) is 5.91 Å². The summed E-state index contributed by atoms with van der Waals surface area (Å²) in [5.41, 5.74) is 2.43. The first kappa shape index (κ1) is 26.2. The van der Waals surface area contributed by atoms with E-state index < -0.39 is 10.0 Å². The Morgan fingerprint density at radius 3 is 2.59 bits per heavy atom. The normalized spacial score (nSPS) is 17.0. The molecule has 34 heavy (non-hydrogen) atoms. The molecule has 1 saturated heterocycles. The second kappa shape index (κ2) is 11.8. The highest BCUT2D eigenvalue weighted by atomic mass is 32.2. The highest BCUT2D eigenvalue weighted by Crippen LogP contribution is 2.28. The largest absolute Gasteiger partial charge is 0.495 e. The SMILES string of the molecule is CCN(CC)S(=O)(=O)c1cc(C(=O)NCc2cccc(CN3CCOC(C)C3)c2)ccc1OC. The number of carbonyl (C=O) groups excluding carboxylic acids is 1. The second-order valence-electron chi connectivity index (χ2n) is 8.37. The molecule has 8 nitrogen and oxygen atoms in total. The van der Waals surface area contributed by atoms with Crippen molar-refractivity contribution >= 4 is 15.9 Å². The molecule has 1 heterocycles. The number of sulfonamides is 1. The average Bonchev–Trinajstić information content (AvgIpc) is 2.83. The van der Waals surface area contributed by atoms with Crippen LogP contribution in [0.15, 0.2) is 47.4 Å². The summed E-state index contributed by atoms with van der Waals surface area (Å²) in [4.78, 5) is 15.2. The fourth-order valence-electron chi connectivity index (χ4n) is 4.14. The van der Waals surface area contributed by atoms with Gasteiger partial charge in [-0.05, 0) is 36.2 Å². The number of nitrogens with zero attached hydrogens (tertiary/aromatic N) is 2. The number of nitrogens with one attached hydrogen (secondary N) is 1. The molecule has 1 atom stereocenters. The smallest absolute Gasteiger partial charge is 0.251 e. The Morgan fingerprint density at radius 1 is 1.18 bits per heavy atom. The summed E-state index contributed by atoms with van der Waals surface area (Å²) < 4.78 is 38.3. The number of ether oxygens (including phenoxy) is 2. The van der Waals surface area contributed by atoms with Gasteiger partial charge in [0.15, 0.2) is 0 Å². The van der Waals surface area contributed by atoms with Crippen molar-refractivity contribution in [3.8, 4) is 5.75 Å². The van der Waals surface area contributed by atoms with Gasteiger partial charge in [0.2, 0.25) is 10.0 Å². The third kappa shape index (κ3) is 6.35. The van der Waals surface area contributed by atoms with Crippen molar-refractivity contribution in [2.75, 3.05) is 39.9 Å². The van der Waals surface area contributed by atoms with Crippen molar-refractivity contribution < 1.29 is 22.7 Å². The lowest BCUT2D eigenvalue weighted by Gasteiger charge is -2.31. The van der Waals surface area contributed by atoms with E-state index >= 15 is 0 Å². The summed E-state index contributed by atoms with van der Waals surface area (Å²) in [6.07, 6.45) is 0.233. The Balaban J connectivity index is 1.70. The Morgan fingerprint density at radius 2 is 1.91 bits per heavy atom. The fourth-order valence-corrected chi connectivity index (χ4v) is 5.78. The van der Waals surface area contributed by atoms with Crippen molar-refractivity contribution in [1.29, 1.82) is 0 Å². The topological polar surface area (TPSA) is 88.2 Å². The molecule has 1 aliphatic heterocycles. The Hall–Kier alpha value is -2.46. The highest BCUT2D eigenvalue weighted by Gasteiger charge is 2.27. The van der Waals surface area contributed by atoms with Crippen LogP contribution in [0.1, 0.15) is 42.3 Å². The van der Waals surface area contributed by atoms with Crippen LogP contribution in [0, 0.1) is 0 Å². The molecule has 0 saturated carbocycles. The molecule has 1 fully saturated rings. The van der Waals surface area contributed by atoms with E-state index in [1.807, 2.05) is 12.1 Å². The molecule has 2 aromatic rings. The van der Waals surface area contributed by atoms with Crippen LogP contribution in [0.3, 0.4) is 0 Å². The fraction of sp³-hybridized carbons (Fsp3) is 0.480. The van der Waals surface area contributed by atoms with Crippen LogP contribution in [0.4, 0.5) is 0 Å². The van der Waals surface area contributed by atoms with Crippen LogP contribution in [0.2, 0.25) is 0 Å². The molecule has 1 N–H and O–H groups in total. The van der Waals surface area contributed by atoms with E-state index in [0.717, 1.165) is 31.8 Å². The Labute approximate surface area is 202 Å². The summed E-state index contributed by atoms with van der Waals surface area (Å²) in [7, 11) is -2.36. The number of morpholine rings is 1. The van der Waals surface area contributed by atoms with Gasteiger partial charge >= 0.3 is 0 Å². The molecule has 1 unspecified atom stereocenters. The van der Waals surface area contributed by atoms with Gasteiger partial charge < -0.3 is 14.8 Å². The van der Waals surface area contributed by atoms with Crippen molar-refractivity contribution in [2.24, 2.45) is 0 Å². The zero-order chi connectivity index (χ0) is 24.7. The minimum atomic E-state index is -3.78. The number of hydrogen-bond donors (Lipinski definition) is 1. The van der Waals surface area contributed by atoms with Gasteiger partial charge in [-0.1, -0.05) is 38.1 Å². The molecular weight excluding hydrogens is 454 g/mol. The summed E-state index contributed by atoms with van der Waals surface area (Å²) in [5.74, 6) is -0.125. The maximum Gasteiger partial charge on any atom is 0.251 e. The standard InChI is InChI=1S/C25H35N3O5S/c1-5-28(6-2)34(30,31)24-15-22(10-11-23(24)32-4)25(29)26-16-20-8-7-9-21(14-20)18-27-12-13-33-19(3)17-27/h7-11,14-15,19H,5-6,12-13,16-18H2,1-4H3,(H,26,29). The molecule has 1 aliphatic rings. The van der Waals surface area contributed by atoms with E-state index in [2.05, 4.69) is 29.3 Å². The molecular formula is C25H35N3O5S. The molecule has 1 amide bonds. The molecule has 0 spiro atoms. The third-order valence-corrected chi connectivity index (χ3v) is 8.00.